The Morgan fingerprint density at radius 2 is 0.867 bits per heavy atom. The van der Waals surface area contributed by atoms with Gasteiger partial charge in [-0.25, -0.2) is 0 Å². The number of nitrogens with two attached hydrogens (primary N) is 7. The van der Waals surface area contributed by atoms with Crippen LogP contribution in [0.3, 0.4) is 0 Å². The maximum absolute atomic E-state index is 15.3. The van der Waals surface area contributed by atoms with E-state index in [1.807, 2.05) is 0 Å². The molecule has 15 atom stereocenters. The molecular formula is C75H106N18O18S2. The molecule has 113 heavy (non-hydrogen) atoms. The molecule has 0 saturated carbocycles. The summed E-state index contributed by atoms with van der Waals surface area (Å²) in [6, 6.07) is 11.5. The molecule has 0 saturated heterocycles. The number of para-hydroxylation sites is 1. The normalized spacial score (nSPS) is 15.5. The van der Waals surface area contributed by atoms with Gasteiger partial charge >= 0.3 is 5.97 Å². The van der Waals surface area contributed by atoms with Crippen molar-refractivity contribution in [3.05, 3.63) is 144 Å². The number of fused-ring (bicyclic) bond motifs is 1. The van der Waals surface area contributed by atoms with Crippen LogP contribution in [0.25, 0.3) is 10.9 Å². The third-order valence-corrected chi connectivity index (χ3v) is 19.0. The number of rotatable bonds is 50. The Kier molecular flexibility index (Phi) is 39.1. The second-order valence-corrected chi connectivity index (χ2v) is 27.8. The third kappa shape index (κ3) is 29.0. The largest absolute Gasteiger partial charge is 0.461 e. The molecule has 1 unspecified atom stereocenters. The zero-order chi connectivity index (χ0) is 83.5. The lowest BCUT2D eigenvalue weighted by molar-refractivity contribution is -0.154. The molecule has 38 heteroatoms. The molecule has 36 nitrogen and oxygen atoms in total. The van der Waals surface area contributed by atoms with Gasteiger partial charge in [0.05, 0.1) is 43.9 Å². The van der Waals surface area contributed by atoms with Gasteiger partial charge in [0.2, 0.25) is 65.0 Å². The van der Waals surface area contributed by atoms with Crippen LogP contribution < -0.4 is 93.3 Å². The number of aromatic nitrogens is 1. The van der Waals surface area contributed by atoms with Crippen LogP contribution in [-0.4, -0.2) is 237 Å². The van der Waals surface area contributed by atoms with Gasteiger partial charge < -0.3 is 118 Å². The molecular weight excluding hydrogens is 1510 g/mol. The smallest absolute Gasteiger partial charge is 0.319 e. The molecule has 0 radical (unpaired) electrons. The van der Waals surface area contributed by atoms with E-state index in [0.29, 0.717) is 52.5 Å². The number of benzene rings is 4. The first-order valence-electron chi connectivity index (χ1n) is 36.7. The second kappa shape index (κ2) is 47.3. The lowest BCUT2D eigenvalue weighted by Gasteiger charge is -2.37. The number of primary amides is 1. The second-order valence-electron chi connectivity index (χ2n) is 27.1. The minimum Gasteiger partial charge on any atom is -0.461 e. The number of Topliss-reactive ketones (excluding diaryl/α,β-unsaturated/α-hetero) is 2. The van der Waals surface area contributed by atoms with Gasteiger partial charge in [0.25, 0.3) is 0 Å². The molecule has 616 valence electrons. The molecule has 0 aliphatic carbocycles. The molecule has 5 aromatic rings. The summed E-state index contributed by atoms with van der Waals surface area (Å²) >= 11 is 8.21. The minimum absolute atomic E-state index is 0.112. The van der Waals surface area contributed by atoms with Gasteiger partial charge in [-0.2, -0.15) is 25.3 Å². The number of H-pyrrole nitrogens is 1. The number of thiol groups is 2. The zero-order valence-electron chi connectivity index (χ0n) is 62.8. The zero-order valence-corrected chi connectivity index (χ0v) is 64.5. The molecule has 0 fully saturated rings. The van der Waals surface area contributed by atoms with Crippen molar-refractivity contribution in [1.82, 2.24) is 58.2 Å². The van der Waals surface area contributed by atoms with E-state index in [-0.39, 0.29) is 51.5 Å². The number of amides is 11. The predicted molar refractivity (Wildman–Crippen MR) is 422 cm³/mol. The molecule has 0 spiro atoms. The van der Waals surface area contributed by atoms with Crippen molar-refractivity contribution >= 4 is 119 Å². The Hall–Kier alpha value is -10.3. The van der Waals surface area contributed by atoms with Gasteiger partial charge in [0.15, 0.2) is 17.1 Å². The van der Waals surface area contributed by atoms with Gasteiger partial charge in [-0.05, 0) is 87.4 Å². The lowest BCUT2D eigenvalue weighted by Crippen LogP contribution is -2.73. The van der Waals surface area contributed by atoms with Crippen molar-refractivity contribution < 1.29 is 87.2 Å². The van der Waals surface area contributed by atoms with Gasteiger partial charge in [-0.3, -0.25) is 67.1 Å². The summed E-state index contributed by atoms with van der Waals surface area (Å²) in [5.41, 5.74) is 39.9. The van der Waals surface area contributed by atoms with E-state index >= 15 is 14.4 Å². The van der Waals surface area contributed by atoms with Crippen molar-refractivity contribution in [2.45, 2.75) is 175 Å². The highest BCUT2D eigenvalue weighted by molar-refractivity contribution is 7.80. The number of ether oxygens (including phenoxy) is 1. The number of nitrogens with one attached hydrogen (secondary N) is 11. The van der Waals surface area contributed by atoms with Crippen LogP contribution in [0.2, 0.25) is 0 Å². The van der Waals surface area contributed by atoms with Crippen molar-refractivity contribution in [2.24, 2.45) is 40.1 Å². The number of esters is 1. The molecule has 1 heterocycles. The van der Waals surface area contributed by atoms with E-state index in [9.17, 15) is 68.1 Å². The molecule has 28 N–H and O–H groups in total. The van der Waals surface area contributed by atoms with Crippen molar-refractivity contribution in [2.75, 3.05) is 44.4 Å². The number of unbranched alkanes of at least 4 members (excludes halogenated alkanes) is 2. The van der Waals surface area contributed by atoms with E-state index in [4.69, 9.17) is 44.9 Å². The Labute approximate surface area is 663 Å². The number of aliphatic hydroxyl groups excluding tert-OH is 3. The van der Waals surface area contributed by atoms with E-state index < -0.39 is 217 Å². The van der Waals surface area contributed by atoms with E-state index in [1.165, 1.54) is 0 Å². The number of aliphatic hydroxyl groups is 3. The van der Waals surface area contributed by atoms with Crippen LogP contribution >= 0.6 is 25.3 Å². The summed E-state index contributed by atoms with van der Waals surface area (Å²) in [6.07, 6.45) is -2.58. The number of ketones is 2. The van der Waals surface area contributed by atoms with Crippen LogP contribution in [0.5, 0.6) is 0 Å². The Bertz CT molecular complexity index is 4020. The first-order chi connectivity index (χ1) is 53.8. The van der Waals surface area contributed by atoms with Crippen LogP contribution in [0.15, 0.2) is 121 Å². The van der Waals surface area contributed by atoms with Crippen LogP contribution in [0.4, 0.5) is 0 Å². The highest BCUT2D eigenvalue weighted by Crippen LogP contribution is 2.22. The number of carbonyl (C=O) groups is 14. The lowest BCUT2D eigenvalue weighted by atomic mass is 9.81. The topological polar surface area (TPSA) is 627 Å². The molecule has 5 rings (SSSR count). The van der Waals surface area contributed by atoms with Crippen LogP contribution in [-0.2, 0) is 97.5 Å². The van der Waals surface area contributed by atoms with E-state index in [1.54, 1.807) is 121 Å². The maximum atomic E-state index is 15.3. The fourth-order valence-corrected chi connectivity index (χ4v) is 12.3. The molecule has 1 aromatic heterocycles. The minimum atomic E-state index is -3.16. The van der Waals surface area contributed by atoms with Crippen molar-refractivity contribution in [3.63, 3.8) is 0 Å². The van der Waals surface area contributed by atoms with Crippen molar-refractivity contribution in [3.8, 4) is 0 Å². The number of aromatic amines is 1. The number of hydrogen-bond acceptors (Lipinski definition) is 26. The van der Waals surface area contributed by atoms with Gasteiger partial charge in [-0.15, -0.1) is 0 Å². The van der Waals surface area contributed by atoms with Crippen LogP contribution in [0, 0.1) is 0 Å². The molecule has 4 aromatic carbocycles. The van der Waals surface area contributed by atoms with E-state index in [0.717, 1.165) is 13.8 Å². The first-order valence-corrected chi connectivity index (χ1v) is 37.9. The molecule has 0 aliphatic heterocycles. The average Bonchev–Trinajstić information content (AvgIpc) is 1.27. The van der Waals surface area contributed by atoms with Gasteiger partial charge in [0, 0.05) is 54.3 Å². The SMILES string of the molecule is C[C@@H](O)[C@H](NC(=O)[C@H](CCCCN)NC(=O)[C@@H](Cc1c[nH]c2ccccc12)NC(=O)[C@H](Cc1ccccc1)NC(=O)[C@H](Cc1ccccc1)NC(=O)[C@H](CC(N)=O)NC(=O)[C@@H](N)CCCCN)C(=O)N[C@@H](Cc1ccccc1)C(=O)N[C@H](C(=O)C(COC(=O)CN)(NC(=O)[C@H](CS)NC(=O)[C@@H](N)CO)C(=O)[C@@H](N)CS)[C@@H](C)O. The predicted octanol–water partition coefficient (Wildman–Crippen LogP) is -5.97. The monoisotopic (exact) mass is 1610 g/mol. The van der Waals surface area contributed by atoms with Crippen molar-refractivity contribution in [1.29, 1.82) is 0 Å². The fourth-order valence-electron chi connectivity index (χ4n) is 11.9. The molecule has 0 bridgehead atoms. The highest BCUT2D eigenvalue weighted by atomic mass is 32.1. The van der Waals surface area contributed by atoms with E-state index in [2.05, 4.69) is 83.4 Å². The average molecular weight is 1610 g/mol. The summed E-state index contributed by atoms with van der Waals surface area (Å²) in [5.74, 6) is -17.0. The van der Waals surface area contributed by atoms with Crippen LogP contribution in [0.1, 0.15) is 81.0 Å². The maximum Gasteiger partial charge on any atom is 0.319 e. The Balaban J connectivity index is 1.53. The summed E-state index contributed by atoms with van der Waals surface area (Å²) in [7, 11) is 0. The molecule has 0 aliphatic rings. The summed E-state index contributed by atoms with van der Waals surface area (Å²) in [4.78, 5) is 203. The number of hydrogen-bond donors (Lipinski definition) is 23. The summed E-state index contributed by atoms with van der Waals surface area (Å²) < 4.78 is 5.21. The van der Waals surface area contributed by atoms with Gasteiger partial charge in [-0.1, -0.05) is 116 Å². The van der Waals surface area contributed by atoms with Gasteiger partial charge in [0.1, 0.15) is 67.0 Å². The third-order valence-electron chi connectivity index (χ3n) is 18.2. The Morgan fingerprint density at radius 1 is 0.451 bits per heavy atom. The summed E-state index contributed by atoms with van der Waals surface area (Å²) in [6.45, 7) is -0.551. The number of carbonyl (C=O) groups excluding carboxylic acids is 14. The Morgan fingerprint density at radius 3 is 1.34 bits per heavy atom. The highest BCUT2D eigenvalue weighted by Gasteiger charge is 2.54. The first kappa shape index (κ1) is 93.3. The summed E-state index contributed by atoms with van der Waals surface area (Å²) in [5, 5.41) is 58.0. The quantitative estimate of drug-likeness (QED) is 0.00746. The molecule has 11 amide bonds. The standard InChI is InChI=1S/C75H106N18O18S2/c1-41(95)61(64(100)75(40-111-60(98)35-78,63(99)50(81)38-112)93-73(109)58(39-113)90-66(102)49(80)37-94)91-72(108)55(32-45-22-10-5-11-23-45)89-74(110)62(42(2)96)92-67(103)52(27-15-17-29-77)84-70(106)56(33-46-36-83-51-26-13-12-24-47(46)51)88-69(105)54(31-44-20-8-4-9-21-44)86-68(104)53(30-43-18-6-3-7-19-43)87-71(107)57(34-59(82)97)85-65(101)48(79)25-14-16-28-76/h3-13,18-24,26,36,41-42,48-50,52-58,61-62,83,94-96,112-113H,14-17,25,27-35,37-40,76-81H2,1-2H3,(H2,82,97)(H,84,106)(H,85,101)(H,86,104)(H,87,107)(H,88,105)(H,89,110)(H,90,102)(H,91,108)(H,92,103)(H,93,109)/t41-,42-,48+,49+,50+,52+,53+,54+,55+,56-,57+,58+,61+,62+,75?/m1/s1. The fraction of sp³-hybridized carbons (Fsp3) is 0.467.